The van der Waals surface area contributed by atoms with Gasteiger partial charge in [-0.25, -0.2) is 0 Å². The quantitative estimate of drug-likeness (QED) is 0.847. The molecule has 0 spiro atoms. The zero-order valence-corrected chi connectivity index (χ0v) is 15.5. The monoisotopic (exact) mass is 380 g/mol. The van der Waals surface area contributed by atoms with Gasteiger partial charge in [0.1, 0.15) is 0 Å². The van der Waals surface area contributed by atoms with Gasteiger partial charge in [-0.05, 0) is 37.5 Å². The lowest BCUT2D eigenvalue weighted by Gasteiger charge is -2.32. The number of nitrogens with two attached hydrogens (primary N) is 1. The van der Waals surface area contributed by atoms with E-state index in [0.717, 1.165) is 31.5 Å². The maximum absolute atomic E-state index is 11.9. The highest BCUT2D eigenvalue weighted by Crippen LogP contribution is 2.24. The van der Waals surface area contributed by atoms with Gasteiger partial charge in [0.05, 0.1) is 22.8 Å². The lowest BCUT2D eigenvalue weighted by molar-refractivity contribution is -0.134. The first kappa shape index (κ1) is 20.5. The first-order valence-corrected chi connectivity index (χ1v) is 8.30. The van der Waals surface area contributed by atoms with Gasteiger partial charge < -0.3 is 15.4 Å². The van der Waals surface area contributed by atoms with Gasteiger partial charge in [0.15, 0.2) is 0 Å². The van der Waals surface area contributed by atoms with Gasteiger partial charge in [-0.1, -0.05) is 29.3 Å². The predicted molar refractivity (Wildman–Crippen MR) is 96.4 cm³/mol. The van der Waals surface area contributed by atoms with Crippen LogP contribution in [0, 0.1) is 0 Å². The van der Waals surface area contributed by atoms with Crippen LogP contribution in [0.2, 0.25) is 10.0 Å². The number of nitrogens with zero attached hydrogens (tertiary/aromatic N) is 1. The number of piperidine rings is 1. The Labute approximate surface area is 153 Å². The number of carbonyl (C=O) groups is 1. The minimum atomic E-state index is -0.0869. The van der Waals surface area contributed by atoms with Crippen LogP contribution < -0.4 is 5.73 Å². The van der Waals surface area contributed by atoms with Gasteiger partial charge in [0, 0.05) is 25.6 Å². The molecule has 0 saturated carbocycles. The van der Waals surface area contributed by atoms with Crippen LogP contribution >= 0.6 is 35.6 Å². The Morgan fingerprint density at radius 1 is 1.35 bits per heavy atom. The van der Waals surface area contributed by atoms with Crippen molar-refractivity contribution in [3.05, 3.63) is 33.8 Å². The molecule has 130 valence electrons. The van der Waals surface area contributed by atoms with Gasteiger partial charge in [-0.3, -0.25) is 4.79 Å². The number of hydrogen-bond donors (Lipinski definition) is 1. The lowest BCUT2D eigenvalue weighted by atomic mass is 10.1. The molecule has 0 radical (unpaired) electrons. The number of amides is 1. The summed E-state index contributed by atoms with van der Waals surface area (Å²) >= 11 is 11.9. The van der Waals surface area contributed by atoms with Gasteiger partial charge in [-0.2, -0.15) is 0 Å². The average molecular weight is 382 g/mol. The van der Waals surface area contributed by atoms with E-state index in [0.29, 0.717) is 23.1 Å². The van der Waals surface area contributed by atoms with E-state index in [4.69, 9.17) is 33.7 Å². The molecule has 7 heteroatoms. The van der Waals surface area contributed by atoms with Gasteiger partial charge in [0.2, 0.25) is 5.91 Å². The molecule has 2 N–H and O–H groups in total. The van der Waals surface area contributed by atoms with Crippen molar-refractivity contribution in [3.8, 4) is 0 Å². The van der Waals surface area contributed by atoms with E-state index in [1.807, 2.05) is 24.0 Å². The van der Waals surface area contributed by atoms with Crippen molar-refractivity contribution < 1.29 is 9.53 Å². The number of rotatable bonds is 5. The van der Waals surface area contributed by atoms with Crippen LogP contribution in [-0.2, 0) is 16.1 Å². The zero-order valence-electron chi connectivity index (χ0n) is 13.1. The Kier molecular flexibility index (Phi) is 8.65. The van der Waals surface area contributed by atoms with E-state index in [1.54, 1.807) is 6.07 Å². The summed E-state index contributed by atoms with van der Waals surface area (Å²) in [5, 5.41) is 1.09. The molecule has 0 bridgehead atoms. The second kappa shape index (κ2) is 9.70. The van der Waals surface area contributed by atoms with Crippen LogP contribution in [0.1, 0.15) is 31.7 Å². The van der Waals surface area contributed by atoms with E-state index < -0.39 is 0 Å². The molecule has 1 aromatic carbocycles. The van der Waals surface area contributed by atoms with Crippen molar-refractivity contribution in [1.82, 2.24) is 4.90 Å². The van der Waals surface area contributed by atoms with Crippen LogP contribution in [0.3, 0.4) is 0 Å². The second-order valence-corrected chi connectivity index (χ2v) is 6.64. The summed E-state index contributed by atoms with van der Waals surface area (Å²) in [5.74, 6) is 0.137. The predicted octanol–water partition coefficient (Wildman–Crippen LogP) is 3.66. The molecule has 1 aliphatic rings. The van der Waals surface area contributed by atoms with E-state index in [-0.39, 0.29) is 30.5 Å². The van der Waals surface area contributed by atoms with E-state index in [1.165, 1.54) is 0 Å². The molecule has 0 aliphatic carbocycles. The third-order valence-electron chi connectivity index (χ3n) is 3.76. The third-order valence-corrected chi connectivity index (χ3v) is 4.50. The fraction of sp³-hybridized carbons (Fsp3) is 0.562. The van der Waals surface area contributed by atoms with Crippen molar-refractivity contribution in [2.24, 2.45) is 5.73 Å². The average Bonchev–Trinajstić information content (AvgIpc) is 2.48. The zero-order chi connectivity index (χ0) is 16.1. The topological polar surface area (TPSA) is 55.6 Å². The smallest absolute Gasteiger partial charge is 0.224 e. The third kappa shape index (κ3) is 6.48. The van der Waals surface area contributed by atoms with E-state index >= 15 is 0 Å². The summed E-state index contributed by atoms with van der Waals surface area (Å²) in [7, 11) is 0. The lowest BCUT2D eigenvalue weighted by Crippen LogP contribution is -2.42. The standard InChI is InChI=1S/C16H22Cl2N2O2.ClH/c1-11(19)8-16(21)20-6-4-13(5-7-20)22-10-12-2-3-14(17)15(18)9-12;/h2-3,9,11,13H,4-8,10,19H2,1H3;1H. The molecular weight excluding hydrogens is 359 g/mol. The summed E-state index contributed by atoms with van der Waals surface area (Å²) in [4.78, 5) is 13.8. The van der Waals surface area contributed by atoms with Crippen molar-refractivity contribution in [2.45, 2.75) is 44.9 Å². The highest BCUT2D eigenvalue weighted by Gasteiger charge is 2.23. The maximum Gasteiger partial charge on any atom is 0.224 e. The summed E-state index contributed by atoms with van der Waals surface area (Å²) in [5.41, 5.74) is 6.67. The Morgan fingerprint density at radius 2 is 2.00 bits per heavy atom. The molecular formula is C16H23Cl3N2O2. The SMILES string of the molecule is CC(N)CC(=O)N1CCC(OCc2ccc(Cl)c(Cl)c2)CC1.Cl. The fourth-order valence-electron chi connectivity index (χ4n) is 2.52. The summed E-state index contributed by atoms with van der Waals surface area (Å²) in [6.07, 6.45) is 2.29. The Balaban J connectivity index is 0.00000264. The van der Waals surface area contributed by atoms with Crippen molar-refractivity contribution in [1.29, 1.82) is 0 Å². The van der Waals surface area contributed by atoms with Crippen LogP contribution in [0.15, 0.2) is 18.2 Å². The molecule has 1 aliphatic heterocycles. The van der Waals surface area contributed by atoms with Crippen LogP contribution in [0.4, 0.5) is 0 Å². The summed E-state index contributed by atoms with van der Waals surface area (Å²) in [6, 6.07) is 5.43. The number of ether oxygens (including phenoxy) is 1. The molecule has 1 atom stereocenters. The Bertz CT molecular complexity index is 518. The summed E-state index contributed by atoms with van der Waals surface area (Å²) < 4.78 is 5.91. The van der Waals surface area contributed by atoms with Crippen LogP contribution in [-0.4, -0.2) is 36.0 Å². The molecule has 1 aromatic rings. The Morgan fingerprint density at radius 3 is 2.57 bits per heavy atom. The first-order chi connectivity index (χ1) is 10.5. The molecule has 23 heavy (non-hydrogen) atoms. The van der Waals surface area contributed by atoms with Crippen LogP contribution in [0.5, 0.6) is 0 Å². The largest absolute Gasteiger partial charge is 0.373 e. The maximum atomic E-state index is 11.9. The van der Waals surface area contributed by atoms with E-state index in [9.17, 15) is 4.79 Å². The number of likely N-dealkylation sites (tertiary alicyclic amines) is 1. The molecule has 1 heterocycles. The van der Waals surface area contributed by atoms with Crippen molar-refractivity contribution >= 4 is 41.5 Å². The van der Waals surface area contributed by atoms with Gasteiger partial charge in [0.25, 0.3) is 0 Å². The number of carbonyl (C=O) groups excluding carboxylic acids is 1. The van der Waals surface area contributed by atoms with Gasteiger partial charge >= 0.3 is 0 Å². The molecule has 4 nitrogen and oxygen atoms in total. The molecule has 0 aromatic heterocycles. The van der Waals surface area contributed by atoms with Crippen molar-refractivity contribution in [3.63, 3.8) is 0 Å². The van der Waals surface area contributed by atoms with Crippen LogP contribution in [0.25, 0.3) is 0 Å². The number of hydrogen-bond acceptors (Lipinski definition) is 3. The first-order valence-electron chi connectivity index (χ1n) is 7.54. The van der Waals surface area contributed by atoms with E-state index in [2.05, 4.69) is 0 Å². The minimum Gasteiger partial charge on any atom is -0.373 e. The second-order valence-electron chi connectivity index (χ2n) is 5.82. The minimum absolute atomic E-state index is 0. The van der Waals surface area contributed by atoms with Gasteiger partial charge in [-0.15, -0.1) is 12.4 Å². The molecule has 1 fully saturated rings. The molecule has 2 rings (SSSR count). The highest BCUT2D eigenvalue weighted by molar-refractivity contribution is 6.42. The number of halogens is 3. The number of benzene rings is 1. The summed E-state index contributed by atoms with van der Waals surface area (Å²) in [6.45, 7) is 3.83. The fourth-order valence-corrected chi connectivity index (χ4v) is 2.84. The highest BCUT2D eigenvalue weighted by atomic mass is 35.5. The normalized spacial score (nSPS) is 16.8. The molecule has 1 saturated heterocycles. The Hall–Kier alpha value is -0.520. The molecule has 1 amide bonds. The molecule has 1 unspecified atom stereocenters. The van der Waals surface area contributed by atoms with Crippen molar-refractivity contribution in [2.75, 3.05) is 13.1 Å².